The second-order valence-corrected chi connectivity index (χ2v) is 5.84. The number of benzene rings is 1. The number of Topliss-reactive ketones (excluding diaryl/α,β-unsaturated/α-hetero) is 1. The first kappa shape index (κ1) is 15.1. The number of aromatic nitrogens is 2. The van der Waals surface area contributed by atoms with Gasteiger partial charge in [-0.15, -0.1) is 0 Å². The molecule has 23 heavy (non-hydrogen) atoms. The molecule has 1 aromatic carbocycles. The molecule has 0 radical (unpaired) electrons. The van der Waals surface area contributed by atoms with Gasteiger partial charge in [-0.2, -0.15) is 0 Å². The van der Waals surface area contributed by atoms with Crippen molar-refractivity contribution < 1.29 is 9.59 Å². The number of aryl methyl sites for hydroxylation is 1. The highest BCUT2D eigenvalue weighted by atomic mass is 16.2. The van der Waals surface area contributed by atoms with Crippen LogP contribution in [0.2, 0.25) is 0 Å². The Morgan fingerprint density at radius 1 is 1.13 bits per heavy atom. The number of nitrogens with zero attached hydrogens (tertiary/aromatic N) is 2. The molecule has 1 aliphatic carbocycles. The van der Waals surface area contributed by atoms with Gasteiger partial charge in [0.25, 0.3) is 0 Å². The summed E-state index contributed by atoms with van der Waals surface area (Å²) >= 11 is 0. The van der Waals surface area contributed by atoms with Gasteiger partial charge in [0.1, 0.15) is 0 Å². The molecule has 1 aromatic heterocycles. The number of anilines is 2. The Balaban J connectivity index is 1.79. The minimum Gasteiger partial charge on any atom is -0.308 e. The number of urea groups is 1. The van der Waals surface area contributed by atoms with Gasteiger partial charge in [0.15, 0.2) is 5.78 Å². The molecule has 2 amide bonds. The van der Waals surface area contributed by atoms with Crippen molar-refractivity contribution >= 4 is 23.5 Å². The highest BCUT2D eigenvalue weighted by Crippen LogP contribution is 2.26. The molecule has 0 bridgehead atoms. The van der Waals surface area contributed by atoms with E-state index in [0.717, 1.165) is 12.1 Å². The first-order valence-corrected chi connectivity index (χ1v) is 7.56. The number of rotatable bonds is 2. The second-order valence-electron chi connectivity index (χ2n) is 5.84. The van der Waals surface area contributed by atoms with Gasteiger partial charge in [-0.05, 0) is 31.4 Å². The zero-order chi connectivity index (χ0) is 16.4. The SMILES string of the molecule is Cc1nc(NC(=O)Nc2ccccc2)nc2c1C(=O)C[C@H](C)C2. The highest BCUT2D eigenvalue weighted by Gasteiger charge is 2.26. The molecule has 0 unspecified atom stereocenters. The molecule has 0 saturated carbocycles. The van der Waals surface area contributed by atoms with Crippen LogP contribution in [-0.2, 0) is 6.42 Å². The first-order valence-electron chi connectivity index (χ1n) is 7.56. The van der Waals surface area contributed by atoms with Crippen LogP contribution in [0.15, 0.2) is 30.3 Å². The maximum Gasteiger partial charge on any atom is 0.326 e. The lowest BCUT2D eigenvalue weighted by Gasteiger charge is -2.21. The zero-order valence-corrected chi connectivity index (χ0v) is 13.1. The number of nitrogens with one attached hydrogen (secondary N) is 2. The molecule has 0 saturated heterocycles. The van der Waals surface area contributed by atoms with Gasteiger partial charge < -0.3 is 5.32 Å². The zero-order valence-electron chi connectivity index (χ0n) is 13.1. The van der Waals surface area contributed by atoms with Crippen molar-refractivity contribution in [1.82, 2.24) is 9.97 Å². The van der Waals surface area contributed by atoms with Crippen LogP contribution in [0.3, 0.4) is 0 Å². The van der Waals surface area contributed by atoms with Gasteiger partial charge in [-0.1, -0.05) is 25.1 Å². The Hall–Kier alpha value is -2.76. The Labute approximate surface area is 134 Å². The van der Waals surface area contributed by atoms with Crippen molar-refractivity contribution in [3.8, 4) is 0 Å². The molecule has 6 heteroatoms. The Morgan fingerprint density at radius 3 is 2.61 bits per heavy atom. The monoisotopic (exact) mass is 310 g/mol. The van der Waals surface area contributed by atoms with Crippen LogP contribution in [0.5, 0.6) is 0 Å². The van der Waals surface area contributed by atoms with Crippen molar-refractivity contribution in [2.24, 2.45) is 5.92 Å². The number of fused-ring (bicyclic) bond motifs is 1. The second kappa shape index (κ2) is 6.16. The maximum absolute atomic E-state index is 12.1. The molecule has 0 aliphatic heterocycles. The van der Waals surface area contributed by atoms with Crippen molar-refractivity contribution in [3.63, 3.8) is 0 Å². The lowest BCUT2D eigenvalue weighted by atomic mass is 9.86. The molecule has 1 heterocycles. The van der Waals surface area contributed by atoms with Crippen molar-refractivity contribution in [3.05, 3.63) is 47.3 Å². The molecule has 0 spiro atoms. The Morgan fingerprint density at radius 2 is 1.87 bits per heavy atom. The summed E-state index contributed by atoms with van der Waals surface area (Å²) in [4.78, 5) is 32.7. The van der Waals surface area contributed by atoms with Crippen LogP contribution in [-0.4, -0.2) is 21.8 Å². The lowest BCUT2D eigenvalue weighted by Crippen LogP contribution is -2.25. The number of hydrogen-bond acceptors (Lipinski definition) is 4. The third-order valence-corrected chi connectivity index (χ3v) is 3.78. The van der Waals surface area contributed by atoms with E-state index in [0.29, 0.717) is 23.4 Å². The molecule has 1 atom stereocenters. The van der Waals surface area contributed by atoms with Gasteiger partial charge in [0, 0.05) is 12.1 Å². The third-order valence-electron chi connectivity index (χ3n) is 3.78. The lowest BCUT2D eigenvalue weighted by molar-refractivity contribution is 0.0951. The van der Waals surface area contributed by atoms with Crippen molar-refractivity contribution in [2.45, 2.75) is 26.7 Å². The third kappa shape index (κ3) is 3.36. The average Bonchev–Trinajstić information content (AvgIpc) is 2.46. The van der Waals surface area contributed by atoms with E-state index in [1.54, 1.807) is 19.1 Å². The summed E-state index contributed by atoms with van der Waals surface area (Å²) in [5.74, 6) is 0.559. The standard InChI is InChI=1S/C17H18N4O2/c1-10-8-13-15(14(22)9-10)11(2)18-16(20-13)21-17(23)19-12-6-4-3-5-7-12/h3-7,10H,8-9H2,1-2H3,(H2,18,19,20,21,23)/t10-/m1/s1. The van der Waals surface area contributed by atoms with Crippen LogP contribution >= 0.6 is 0 Å². The van der Waals surface area contributed by atoms with E-state index in [-0.39, 0.29) is 17.6 Å². The Bertz CT molecular complexity index is 759. The normalized spacial score (nSPS) is 16.6. The fourth-order valence-electron chi connectivity index (χ4n) is 2.80. The Kier molecular flexibility index (Phi) is 4.06. The number of carbonyl (C=O) groups excluding carboxylic acids is 2. The average molecular weight is 310 g/mol. The first-order chi connectivity index (χ1) is 11.0. The predicted octanol–water partition coefficient (Wildman–Crippen LogP) is 3.19. The van der Waals surface area contributed by atoms with Crippen molar-refractivity contribution in [2.75, 3.05) is 10.6 Å². The summed E-state index contributed by atoms with van der Waals surface area (Å²) in [6.07, 6.45) is 1.25. The van der Waals surface area contributed by atoms with E-state index in [1.807, 2.05) is 25.1 Å². The van der Waals surface area contributed by atoms with E-state index in [9.17, 15) is 9.59 Å². The summed E-state index contributed by atoms with van der Waals surface area (Å²) in [5.41, 5.74) is 2.62. The smallest absolute Gasteiger partial charge is 0.308 e. The van der Waals surface area contributed by atoms with Crippen LogP contribution in [0.4, 0.5) is 16.4 Å². The van der Waals surface area contributed by atoms with E-state index >= 15 is 0 Å². The van der Waals surface area contributed by atoms with Crippen LogP contribution in [0.1, 0.15) is 35.1 Å². The quantitative estimate of drug-likeness (QED) is 0.892. The number of para-hydroxylation sites is 1. The molecular weight excluding hydrogens is 292 g/mol. The molecule has 2 N–H and O–H groups in total. The van der Waals surface area contributed by atoms with Gasteiger partial charge in [-0.25, -0.2) is 14.8 Å². The van der Waals surface area contributed by atoms with Crippen molar-refractivity contribution in [1.29, 1.82) is 0 Å². The number of carbonyl (C=O) groups is 2. The van der Waals surface area contributed by atoms with Gasteiger partial charge >= 0.3 is 6.03 Å². The largest absolute Gasteiger partial charge is 0.326 e. The topological polar surface area (TPSA) is 84.0 Å². The summed E-state index contributed by atoms with van der Waals surface area (Å²) in [7, 11) is 0. The molecule has 3 rings (SSSR count). The molecular formula is C17H18N4O2. The fourth-order valence-corrected chi connectivity index (χ4v) is 2.80. The van der Waals surface area contributed by atoms with Crippen LogP contribution < -0.4 is 10.6 Å². The maximum atomic E-state index is 12.1. The van der Waals surface area contributed by atoms with E-state index in [2.05, 4.69) is 20.6 Å². The minimum absolute atomic E-state index is 0.0801. The van der Waals surface area contributed by atoms with Crippen LogP contribution in [0.25, 0.3) is 0 Å². The number of ketones is 1. The fraction of sp³-hybridized carbons (Fsp3) is 0.294. The number of hydrogen-bond donors (Lipinski definition) is 2. The predicted molar refractivity (Wildman–Crippen MR) is 87.7 cm³/mol. The van der Waals surface area contributed by atoms with E-state index in [4.69, 9.17) is 0 Å². The highest BCUT2D eigenvalue weighted by molar-refractivity contribution is 6.00. The molecule has 118 valence electrons. The van der Waals surface area contributed by atoms with Gasteiger partial charge in [0.2, 0.25) is 5.95 Å². The van der Waals surface area contributed by atoms with Gasteiger partial charge in [0.05, 0.1) is 17.0 Å². The summed E-state index contributed by atoms with van der Waals surface area (Å²) in [6, 6.07) is 8.71. The van der Waals surface area contributed by atoms with Gasteiger partial charge in [-0.3, -0.25) is 10.1 Å². The summed E-state index contributed by atoms with van der Waals surface area (Å²) in [5, 5.41) is 5.34. The van der Waals surface area contributed by atoms with E-state index in [1.165, 1.54) is 0 Å². The summed E-state index contributed by atoms with van der Waals surface area (Å²) < 4.78 is 0. The molecule has 2 aromatic rings. The molecule has 6 nitrogen and oxygen atoms in total. The summed E-state index contributed by atoms with van der Waals surface area (Å²) in [6.45, 7) is 3.79. The van der Waals surface area contributed by atoms with E-state index < -0.39 is 6.03 Å². The number of amides is 2. The molecule has 1 aliphatic rings. The minimum atomic E-state index is -0.411. The van der Waals surface area contributed by atoms with Crippen LogP contribution in [0, 0.1) is 12.8 Å². The molecule has 0 fully saturated rings.